The van der Waals surface area contributed by atoms with Crippen LogP contribution in [0.1, 0.15) is 24.6 Å². The first-order valence-corrected chi connectivity index (χ1v) is 9.09. The van der Waals surface area contributed by atoms with Crippen LogP contribution in [-0.4, -0.2) is 52.2 Å². The number of piperidine rings is 1. The molecule has 1 amide bonds. The number of ether oxygens (including phenoxy) is 2. The Morgan fingerprint density at radius 3 is 2.56 bits per heavy atom. The molecule has 3 aromatic rings. The van der Waals surface area contributed by atoms with Crippen LogP contribution in [0.4, 0.5) is 0 Å². The summed E-state index contributed by atoms with van der Waals surface area (Å²) < 4.78 is 12.8. The minimum atomic E-state index is 0.00960. The highest BCUT2D eigenvalue weighted by Crippen LogP contribution is 2.27. The predicted molar refractivity (Wildman–Crippen MR) is 100 cm³/mol. The zero-order chi connectivity index (χ0) is 18.6. The number of benzene rings is 1. The van der Waals surface area contributed by atoms with Gasteiger partial charge in [-0.3, -0.25) is 9.20 Å². The second kappa shape index (κ2) is 7.65. The number of rotatable bonds is 5. The van der Waals surface area contributed by atoms with Crippen molar-refractivity contribution in [2.45, 2.75) is 18.8 Å². The number of amides is 1. The van der Waals surface area contributed by atoms with Gasteiger partial charge in [0.25, 0.3) is 5.91 Å². The van der Waals surface area contributed by atoms with Gasteiger partial charge in [0.15, 0.2) is 12.3 Å². The third kappa shape index (κ3) is 3.72. The summed E-state index contributed by atoms with van der Waals surface area (Å²) in [4.78, 5) is 14.3. The van der Waals surface area contributed by atoms with Gasteiger partial charge in [0.05, 0.1) is 7.11 Å². The molecule has 0 bridgehead atoms. The van der Waals surface area contributed by atoms with E-state index in [-0.39, 0.29) is 12.5 Å². The number of carbonyl (C=O) groups excluding carboxylic acids is 1. The van der Waals surface area contributed by atoms with Gasteiger partial charge >= 0.3 is 0 Å². The van der Waals surface area contributed by atoms with Gasteiger partial charge in [0.2, 0.25) is 0 Å². The summed E-state index contributed by atoms with van der Waals surface area (Å²) in [7, 11) is 1.62. The van der Waals surface area contributed by atoms with E-state index in [9.17, 15) is 4.79 Å². The van der Waals surface area contributed by atoms with Gasteiger partial charge in [0, 0.05) is 25.2 Å². The maximum Gasteiger partial charge on any atom is 0.260 e. The summed E-state index contributed by atoms with van der Waals surface area (Å²) in [6.07, 6.45) is 3.75. The van der Waals surface area contributed by atoms with Crippen molar-refractivity contribution in [3.05, 3.63) is 54.5 Å². The lowest BCUT2D eigenvalue weighted by molar-refractivity contribution is -0.134. The van der Waals surface area contributed by atoms with E-state index in [4.69, 9.17) is 9.47 Å². The van der Waals surface area contributed by atoms with Crippen LogP contribution in [0, 0.1) is 0 Å². The summed E-state index contributed by atoms with van der Waals surface area (Å²) in [6, 6.07) is 13.1. The van der Waals surface area contributed by atoms with Crippen LogP contribution in [0.5, 0.6) is 11.5 Å². The van der Waals surface area contributed by atoms with Gasteiger partial charge in [-0.2, -0.15) is 0 Å². The molecule has 0 aliphatic carbocycles. The number of hydrogen-bond acceptors (Lipinski definition) is 5. The third-order valence-corrected chi connectivity index (χ3v) is 4.97. The average molecular weight is 366 g/mol. The highest BCUT2D eigenvalue weighted by atomic mass is 16.5. The Morgan fingerprint density at radius 2 is 1.81 bits per heavy atom. The molecule has 0 unspecified atom stereocenters. The highest BCUT2D eigenvalue weighted by molar-refractivity contribution is 5.77. The van der Waals surface area contributed by atoms with Crippen LogP contribution in [-0.2, 0) is 4.79 Å². The van der Waals surface area contributed by atoms with E-state index in [0.717, 1.165) is 30.1 Å². The molecule has 0 N–H and O–H groups in total. The first-order valence-electron chi connectivity index (χ1n) is 9.09. The lowest BCUT2D eigenvalue weighted by Gasteiger charge is -2.31. The van der Waals surface area contributed by atoms with E-state index in [1.807, 2.05) is 45.8 Å². The van der Waals surface area contributed by atoms with Gasteiger partial charge < -0.3 is 14.4 Å². The molecule has 4 rings (SSSR count). The van der Waals surface area contributed by atoms with E-state index >= 15 is 0 Å². The minimum Gasteiger partial charge on any atom is -0.497 e. The van der Waals surface area contributed by atoms with Crippen molar-refractivity contribution in [1.29, 1.82) is 0 Å². The molecule has 1 aliphatic rings. The van der Waals surface area contributed by atoms with Gasteiger partial charge in [-0.05, 0) is 49.2 Å². The molecule has 7 nitrogen and oxygen atoms in total. The molecule has 0 spiro atoms. The monoisotopic (exact) mass is 366 g/mol. The van der Waals surface area contributed by atoms with Crippen LogP contribution < -0.4 is 9.47 Å². The molecule has 7 heteroatoms. The van der Waals surface area contributed by atoms with Gasteiger partial charge in [-0.15, -0.1) is 10.2 Å². The minimum absolute atomic E-state index is 0.00960. The van der Waals surface area contributed by atoms with E-state index in [1.54, 1.807) is 19.2 Å². The third-order valence-electron chi connectivity index (χ3n) is 4.97. The van der Waals surface area contributed by atoms with Crippen molar-refractivity contribution in [2.24, 2.45) is 0 Å². The zero-order valence-electron chi connectivity index (χ0n) is 15.2. The average Bonchev–Trinajstić information content (AvgIpc) is 3.16. The fraction of sp³-hybridized carbons (Fsp3) is 0.350. The van der Waals surface area contributed by atoms with Gasteiger partial charge in [0.1, 0.15) is 17.3 Å². The quantitative estimate of drug-likeness (QED) is 0.694. The molecule has 1 fully saturated rings. The highest BCUT2D eigenvalue weighted by Gasteiger charge is 2.26. The van der Waals surface area contributed by atoms with Crippen molar-refractivity contribution in [3.8, 4) is 11.5 Å². The first-order chi connectivity index (χ1) is 13.2. The molecule has 140 valence electrons. The molecular formula is C20H22N4O3. The SMILES string of the molecule is COc1ccc(OCC(=O)N2CCC(c3nnc4ccccn34)CC2)cc1. The van der Waals surface area contributed by atoms with Crippen molar-refractivity contribution in [1.82, 2.24) is 19.5 Å². The summed E-state index contributed by atoms with van der Waals surface area (Å²) in [5.74, 6) is 2.72. The first kappa shape index (κ1) is 17.3. The number of hydrogen-bond donors (Lipinski definition) is 0. The number of pyridine rings is 1. The van der Waals surface area contributed by atoms with Crippen molar-refractivity contribution in [2.75, 3.05) is 26.8 Å². The Balaban J connectivity index is 1.31. The smallest absolute Gasteiger partial charge is 0.260 e. The van der Waals surface area contributed by atoms with Crippen LogP contribution in [0.25, 0.3) is 5.65 Å². The van der Waals surface area contributed by atoms with Crippen molar-refractivity contribution in [3.63, 3.8) is 0 Å². The Kier molecular flexibility index (Phi) is 4.91. The lowest BCUT2D eigenvalue weighted by Crippen LogP contribution is -2.40. The second-order valence-electron chi connectivity index (χ2n) is 6.61. The zero-order valence-corrected chi connectivity index (χ0v) is 15.2. The molecule has 27 heavy (non-hydrogen) atoms. The molecular weight excluding hydrogens is 344 g/mol. The van der Waals surface area contributed by atoms with Crippen LogP contribution in [0.3, 0.4) is 0 Å². The Hall–Kier alpha value is -3.09. The summed E-state index contributed by atoms with van der Waals surface area (Å²) in [5.41, 5.74) is 0.860. The number of nitrogens with zero attached hydrogens (tertiary/aromatic N) is 4. The number of carbonyl (C=O) groups is 1. The largest absolute Gasteiger partial charge is 0.497 e. The van der Waals surface area contributed by atoms with Crippen LogP contribution in [0.2, 0.25) is 0 Å². The predicted octanol–water partition coefficient (Wildman–Crippen LogP) is 2.52. The molecule has 2 aromatic heterocycles. The molecule has 0 saturated carbocycles. The fourth-order valence-corrected chi connectivity index (χ4v) is 3.43. The summed E-state index contributed by atoms with van der Waals surface area (Å²) in [6.45, 7) is 1.46. The molecule has 0 atom stereocenters. The Morgan fingerprint density at radius 1 is 1.07 bits per heavy atom. The Labute approximate surface area is 157 Å². The maximum atomic E-state index is 12.4. The van der Waals surface area contributed by atoms with Crippen molar-refractivity contribution < 1.29 is 14.3 Å². The fourth-order valence-electron chi connectivity index (χ4n) is 3.43. The van der Waals surface area contributed by atoms with Gasteiger partial charge in [-0.1, -0.05) is 6.07 Å². The number of likely N-dealkylation sites (tertiary alicyclic amines) is 1. The standard InChI is InChI=1S/C20H22N4O3/c1-26-16-5-7-17(8-6-16)27-14-19(25)23-12-9-15(10-13-23)20-22-21-18-4-2-3-11-24(18)20/h2-8,11,15H,9-10,12-14H2,1H3. The van der Waals surface area contributed by atoms with E-state index in [0.29, 0.717) is 24.8 Å². The Bertz CT molecular complexity index is 914. The van der Waals surface area contributed by atoms with Crippen LogP contribution >= 0.6 is 0 Å². The van der Waals surface area contributed by atoms with Crippen LogP contribution in [0.15, 0.2) is 48.7 Å². The molecule has 3 heterocycles. The van der Waals surface area contributed by atoms with E-state index < -0.39 is 0 Å². The van der Waals surface area contributed by atoms with Gasteiger partial charge in [-0.25, -0.2) is 0 Å². The van der Waals surface area contributed by atoms with Crippen molar-refractivity contribution >= 4 is 11.6 Å². The molecule has 1 aliphatic heterocycles. The maximum absolute atomic E-state index is 12.4. The lowest BCUT2D eigenvalue weighted by atomic mass is 9.96. The number of fused-ring (bicyclic) bond motifs is 1. The second-order valence-corrected chi connectivity index (χ2v) is 6.61. The van der Waals surface area contributed by atoms with E-state index in [1.165, 1.54) is 0 Å². The summed E-state index contributed by atoms with van der Waals surface area (Å²) in [5, 5.41) is 8.58. The summed E-state index contributed by atoms with van der Waals surface area (Å²) >= 11 is 0. The number of aromatic nitrogens is 3. The normalized spacial score (nSPS) is 15.1. The topological polar surface area (TPSA) is 69.0 Å². The molecule has 1 saturated heterocycles. The number of methoxy groups -OCH3 is 1. The van der Waals surface area contributed by atoms with E-state index in [2.05, 4.69) is 10.2 Å². The molecule has 0 radical (unpaired) electrons. The molecule has 1 aromatic carbocycles.